The van der Waals surface area contributed by atoms with Gasteiger partial charge in [0.05, 0.1) is 0 Å². The van der Waals surface area contributed by atoms with E-state index in [1.165, 1.54) is 0 Å². The van der Waals surface area contributed by atoms with Crippen molar-refractivity contribution in [3.05, 3.63) is 0 Å². The van der Waals surface area contributed by atoms with Crippen molar-refractivity contribution < 1.29 is 67.1 Å². The number of hydrogen-bond donors (Lipinski definition) is 0. The monoisotopic (exact) mass is 445 g/mol. The molecule has 0 aliphatic carbocycles. The fourth-order valence-corrected chi connectivity index (χ4v) is 0. The second-order valence-electron chi connectivity index (χ2n) is 0. The van der Waals surface area contributed by atoms with Gasteiger partial charge in [0.25, 0.3) is 0 Å². The molecule has 0 saturated heterocycles. The van der Waals surface area contributed by atoms with E-state index < -0.39 is 0 Å². The molecule has 0 spiro atoms. The van der Waals surface area contributed by atoms with Gasteiger partial charge in [-0.05, 0) is 0 Å². The largest absolute Gasteiger partial charge is 0.197 e. The Balaban J connectivity index is 0. The van der Waals surface area contributed by atoms with Crippen LogP contribution in [0.15, 0.2) is 0 Å². The smallest absolute Gasteiger partial charge is 0 e. The van der Waals surface area contributed by atoms with Crippen LogP contribution in [0.4, 0.5) is 0 Å². The maximum atomic E-state index is 0. The molecule has 3 radical (unpaired) electrons. The third kappa shape index (κ3) is 8.82. The Bertz CT molecular complexity index is 6.00. The van der Waals surface area contributed by atoms with E-state index in [1.807, 2.05) is 0 Å². The minimum atomic E-state index is 0. The van der Waals surface area contributed by atoms with Crippen molar-refractivity contribution in [3.8, 4) is 0 Å². The van der Waals surface area contributed by atoms with Crippen LogP contribution in [-0.4, -0.2) is 0 Å². The normalized spacial score (nSPS) is 0. The maximum absolute atomic E-state index is 0. The van der Waals surface area contributed by atoms with Crippen molar-refractivity contribution in [1.29, 1.82) is 0 Å². The third-order valence-electron chi connectivity index (χ3n) is 0. The van der Waals surface area contributed by atoms with Gasteiger partial charge < -0.3 is 0 Å². The molecule has 0 aliphatic heterocycles. The van der Waals surface area contributed by atoms with Crippen molar-refractivity contribution in [2.45, 2.75) is 0 Å². The molecule has 41 valence electrons. The molecule has 0 fully saturated rings. The molecule has 4 heteroatoms. The molecule has 0 bridgehead atoms. The molecule has 0 unspecified atom stereocenters. The molecule has 0 rings (SSSR count). The molecule has 4 heavy (non-hydrogen) atoms. The first-order chi connectivity index (χ1) is 0. The zero-order chi connectivity index (χ0) is 0. The van der Waals surface area contributed by atoms with E-state index in [-0.39, 0.29) is 80.6 Å². The van der Waals surface area contributed by atoms with Gasteiger partial charge in [0, 0.05) is 67.1 Å². The predicted molar refractivity (Wildman–Crippen MR) is 10.4 cm³/mol. The second kappa shape index (κ2) is 17.6. The van der Waals surface area contributed by atoms with Crippen LogP contribution >= 0.6 is 13.5 Å². The van der Waals surface area contributed by atoms with Crippen molar-refractivity contribution in [1.82, 2.24) is 0 Å². The van der Waals surface area contributed by atoms with Crippen LogP contribution in [0.3, 0.4) is 0 Å². The fourth-order valence-electron chi connectivity index (χ4n) is 0. The summed E-state index contributed by atoms with van der Waals surface area (Å²) in [5, 5.41) is 0. The molecule has 0 atom stereocenters. The summed E-state index contributed by atoms with van der Waals surface area (Å²) in [6.07, 6.45) is 0. The summed E-state index contributed by atoms with van der Waals surface area (Å²) < 4.78 is 0. The van der Waals surface area contributed by atoms with E-state index in [1.54, 1.807) is 0 Å². The van der Waals surface area contributed by atoms with Crippen LogP contribution in [0.25, 0.3) is 0 Å². The van der Waals surface area contributed by atoms with Gasteiger partial charge in [-0.25, -0.2) is 0 Å². The summed E-state index contributed by atoms with van der Waals surface area (Å²) in [7, 11) is 0. The van der Waals surface area contributed by atoms with Gasteiger partial charge in [-0.15, -0.1) is 0 Å². The van der Waals surface area contributed by atoms with E-state index in [0.717, 1.165) is 0 Å². The summed E-state index contributed by atoms with van der Waals surface area (Å²) in [5.74, 6) is 0. The Morgan fingerprint density at radius 1 is 0.750 bits per heavy atom. The Kier molecular flexibility index (Phi) is 136. The minimum Gasteiger partial charge on any atom is -0.197 e. The van der Waals surface area contributed by atoms with Gasteiger partial charge in [-0.2, -0.15) is 13.5 Å². The standard InChI is InChI=1S/2Ag.Au.H2S/h;;;1H2. The Labute approximate surface area is 79.5 Å². The molecule has 0 aromatic heterocycles. The van der Waals surface area contributed by atoms with Gasteiger partial charge in [0.15, 0.2) is 0 Å². The first-order valence-corrected chi connectivity index (χ1v) is 0. The number of hydrogen-bond acceptors (Lipinski definition) is 0. The molecule has 0 aromatic rings. The molecular formula is H2Ag2AuS. The number of rotatable bonds is 0. The molecule has 0 heterocycles. The third-order valence-corrected chi connectivity index (χ3v) is 0. The molecule has 0 aromatic carbocycles. The fraction of sp³-hybridized carbons (Fsp3) is 0. The van der Waals surface area contributed by atoms with Crippen LogP contribution < -0.4 is 0 Å². The van der Waals surface area contributed by atoms with Crippen LogP contribution in [0.2, 0.25) is 0 Å². The average molecular weight is 447 g/mol. The maximum Gasteiger partial charge on any atom is 0 e. The van der Waals surface area contributed by atoms with Crippen LogP contribution in [0, 0.1) is 0 Å². The van der Waals surface area contributed by atoms with Gasteiger partial charge in [-0.1, -0.05) is 0 Å². The topological polar surface area (TPSA) is 0 Å². The average Bonchev–Trinajstić information content (AvgIpc) is 0. The Hall–Kier alpha value is 2.57. The van der Waals surface area contributed by atoms with Crippen molar-refractivity contribution in [2.24, 2.45) is 0 Å². The molecule has 0 N–H and O–H groups in total. The minimum absolute atomic E-state index is 0. The van der Waals surface area contributed by atoms with Crippen LogP contribution in [0.5, 0.6) is 0 Å². The first-order valence-electron chi connectivity index (χ1n) is 0. The van der Waals surface area contributed by atoms with Crippen molar-refractivity contribution >= 4 is 13.5 Å². The quantitative estimate of drug-likeness (QED) is 0.463. The Morgan fingerprint density at radius 2 is 0.750 bits per heavy atom. The van der Waals surface area contributed by atoms with Crippen LogP contribution in [0.1, 0.15) is 0 Å². The van der Waals surface area contributed by atoms with Crippen molar-refractivity contribution in [2.75, 3.05) is 0 Å². The summed E-state index contributed by atoms with van der Waals surface area (Å²) in [4.78, 5) is 0. The molecule has 0 nitrogen and oxygen atoms in total. The second-order valence-corrected chi connectivity index (χ2v) is 0. The zero-order valence-corrected chi connectivity index (χ0v) is 7.54. The van der Waals surface area contributed by atoms with Gasteiger partial charge in [-0.3, -0.25) is 0 Å². The first kappa shape index (κ1) is 30.9. The summed E-state index contributed by atoms with van der Waals surface area (Å²) >= 11 is 0. The summed E-state index contributed by atoms with van der Waals surface area (Å²) in [6.45, 7) is 0. The van der Waals surface area contributed by atoms with Crippen molar-refractivity contribution in [3.63, 3.8) is 0 Å². The van der Waals surface area contributed by atoms with E-state index in [4.69, 9.17) is 0 Å². The van der Waals surface area contributed by atoms with Gasteiger partial charge >= 0.3 is 0 Å². The SMILES string of the molecule is S.[Ag].[Ag].[Au]. The summed E-state index contributed by atoms with van der Waals surface area (Å²) in [5.41, 5.74) is 0. The zero-order valence-electron chi connectivity index (χ0n) is 1.40. The van der Waals surface area contributed by atoms with E-state index in [0.29, 0.717) is 0 Å². The predicted octanol–water partition coefficient (Wildman–Crippen LogP) is 0.105. The van der Waals surface area contributed by atoms with Gasteiger partial charge in [0.1, 0.15) is 0 Å². The van der Waals surface area contributed by atoms with E-state index >= 15 is 0 Å². The Morgan fingerprint density at radius 3 is 0.750 bits per heavy atom. The van der Waals surface area contributed by atoms with Gasteiger partial charge in [0.2, 0.25) is 0 Å². The van der Waals surface area contributed by atoms with Crippen LogP contribution in [-0.2, 0) is 67.1 Å². The van der Waals surface area contributed by atoms with E-state index in [2.05, 4.69) is 0 Å². The summed E-state index contributed by atoms with van der Waals surface area (Å²) in [6, 6.07) is 0. The molecule has 0 saturated carbocycles. The molecular weight excluding hydrogens is 445 g/mol. The van der Waals surface area contributed by atoms with E-state index in [9.17, 15) is 0 Å². The molecule has 0 aliphatic rings. The molecule has 0 amide bonds.